The molecule has 2 heteroatoms. The van der Waals surface area contributed by atoms with Gasteiger partial charge in [-0.3, -0.25) is 4.84 Å². The summed E-state index contributed by atoms with van der Waals surface area (Å²) in [6.07, 6.45) is 7.66. The van der Waals surface area contributed by atoms with Crippen LogP contribution in [0.15, 0.2) is 0 Å². The third kappa shape index (κ3) is 2.46. The van der Waals surface area contributed by atoms with Crippen LogP contribution >= 0.6 is 0 Å². The van der Waals surface area contributed by atoms with Crippen LogP contribution in [0.5, 0.6) is 0 Å². The minimum atomic E-state index is 0.161. The van der Waals surface area contributed by atoms with Gasteiger partial charge in [-0.25, -0.2) is 5.48 Å². The first-order valence-electron chi connectivity index (χ1n) is 5.24. The van der Waals surface area contributed by atoms with Crippen LogP contribution in [0.2, 0.25) is 0 Å². The van der Waals surface area contributed by atoms with Crippen molar-refractivity contribution >= 4 is 0 Å². The van der Waals surface area contributed by atoms with Crippen LogP contribution in [0.1, 0.15) is 52.4 Å². The molecule has 0 aliphatic heterocycles. The van der Waals surface area contributed by atoms with E-state index < -0.39 is 0 Å². The molecule has 0 radical (unpaired) electrons. The van der Waals surface area contributed by atoms with E-state index in [-0.39, 0.29) is 5.60 Å². The summed E-state index contributed by atoms with van der Waals surface area (Å²) in [6, 6.07) is 0. The van der Waals surface area contributed by atoms with Gasteiger partial charge in [0.2, 0.25) is 0 Å². The van der Waals surface area contributed by atoms with Crippen LogP contribution in [-0.4, -0.2) is 12.1 Å². The third-order valence-electron chi connectivity index (χ3n) is 2.84. The Hall–Kier alpha value is -0.0800. The highest BCUT2D eigenvalue weighted by atomic mass is 16.7. The Labute approximate surface area is 75.6 Å². The molecule has 0 amide bonds. The summed E-state index contributed by atoms with van der Waals surface area (Å²) in [5.74, 6) is 0. The van der Waals surface area contributed by atoms with Crippen molar-refractivity contribution in [2.45, 2.75) is 58.0 Å². The van der Waals surface area contributed by atoms with Crippen LogP contribution in [0.25, 0.3) is 0 Å². The molecular formula is C10H21NO. The molecule has 1 N–H and O–H groups in total. The molecular weight excluding hydrogens is 150 g/mol. The minimum Gasteiger partial charge on any atom is -0.295 e. The van der Waals surface area contributed by atoms with E-state index in [1.165, 1.54) is 32.1 Å². The molecule has 1 aliphatic carbocycles. The van der Waals surface area contributed by atoms with E-state index in [0.717, 1.165) is 13.0 Å². The van der Waals surface area contributed by atoms with Gasteiger partial charge < -0.3 is 0 Å². The van der Waals surface area contributed by atoms with Gasteiger partial charge in [0.25, 0.3) is 0 Å². The van der Waals surface area contributed by atoms with Gasteiger partial charge in [-0.05, 0) is 19.3 Å². The lowest BCUT2D eigenvalue weighted by Crippen LogP contribution is -2.39. The van der Waals surface area contributed by atoms with E-state index in [4.69, 9.17) is 4.84 Å². The highest BCUT2D eigenvalue weighted by Gasteiger charge is 2.31. The van der Waals surface area contributed by atoms with E-state index in [1.54, 1.807) is 0 Å². The first kappa shape index (κ1) is 10.0. The molecule has 0 aromatic carbocycles. The highest BCUT2D eigenvalue weighted by Crippen LogP contribution is 2.33. The van der Waals surface area contributed by atoms with Crippen LogP contribution in [0.4, 0.5) is 0 Å². The maximum absolute atomic E-state index is 5.72. The summed E-state index contributed by atoms with van der Waals surface area (Å²) in [5.41, 5.74) is 3.17. The summed E-state index contributed by atoms with van der Waals surface area (Å²) in [4.78, 5) is 5.72. The fourth-order valence-corrected chi connectivity index (χ4v) is 1.95. The van der Waals surface area contributed by atoms with Gasteiger partial charge in [-0.1, -0.05) is 33.1 Å². The number of nitrogens with one attached hydrogen (secondary N) is 1. The maximum atomic E-state index is 5.72. The topological polar surface area (TPSA) is 21.3 Å². The standard InChI is InChI=1S/C10H21NO/c1-3-10(12-11-4-2)8-6-5-7-9-10/h11H,3-9H2,1-2H3. The van der Waals surface area contributed by atoms with Crippen LogP contribution in [0.3, 0.4) is 0 Å². The van der Waals surface area contributed by atoms with E-state index >= 15 is 0 Å². The van der Waals surface area contributed by atoms with Gasteiger partial charge in [0, 0.05) is 6.54 Å². The zero-order valence-electron chi connectivity index (χ0n) is 8.36. The maximum Gasteiger partial charge on any atom is 0.0894 e. The van der Waals surface area contributed by atoms with Gasteiger partial charge in [0.1, 0.15) is 0 Å². The lowest BCUT2D eigenvalue weighted by molar-refractivity contribution is -0.126. The summed E-state index contributed by atoms with van der Waals surface area (Å²) >= 11 is 0. The van der Waals surface area contributed by atoms with Crippen molar-refractivity contribution in [3.63, 3.8) is 0 Å². The molecule has 1 fully saturated rings. The predicted molar refractivity (Wildman–Crippen MR) is 50.9 cm³/mol. The zero-order chi connectivity index (χ0) is 8.86. The van der Waals surface area contributed by atoms with Crippen molar-refractivity contribution in [1.29, 1.82) is 0 Å². The molecule has 72 valence electrons. The van der Waals surface area contributed by atoms with Gasteiger partial charge in [-0.15, -0.1) is 0 Å². The first-order valence-corrected chi connectivity index (χ1v) is 5.24. The molecule has 0 spiro atoms. The molecule has 0 heterocycles. The molecule has 0 atom stereocenters. The van der Waals surface area contributed by atoms with Crippen molar-refractivity contribution in [2.24, 2.45) is 0 Å². The monoisotopic (exact) mass is 171 g/mol. The molecule has 1 rings (SSSR count). The second-order valence-electron chi connectivity index (χ2n) is 3.70. The largest absolute Gasteiger partial charge is 0.295 e. The Bertz CT molecular complexity index is 119. The summed E-state index contributed by atoms with van der Waals surface area (Å²) < 4.78 is 0. The smallest absolute Gasteiger partial charge is 0.0894 e. The normalized spacial score (nSPS) is 22.5. The number of hydrogen-bond donors (Lipinski definition) is 1. The van der Waals surface area contributed by atoms with Gasteiger partial charge in [0.05, 0.1) is 5.60 Å². The number of hydroxylamine groups is 1. The SMILES string of the molecule is CCNOC1(CC)CCCCC1. The molecule has 0 unspecified atom stereocenters. The predicted octanol–water partition coefficient (Wildman–Crippen LogP) is 2.64. The lowest BCUT2D eigenvalue weighted by atomic mass is 9.83. The van der Waals surface area contributed by atoms with E-state index in [9.17, 15) is 0 Å². The van der Waals surface area contributed by atoms with E-state index in [2.05, 4.69) is 19.3 Å². The summed E-state index contributed by atoms with van der Waals surface area (Å²) in [5, 5.41) is 0. The molecule has 0 saturated heterocycles. The summed E-state index contributed by atoms with van der Waals surface area (Å²) in [6.45, 7) is 5.20. The third-order valence-corrected chi connectivity index (χ3v) is 2.84. The zero-order valence-corrected chi connectivity index (χ0v) is 8.36. The van der Waals surface area contributed by atoms with E-state index in [1.807, 2.05) is 0 Å². The molecule has 0 aromatic heterocycles. The minimum absolute atomic E-state index is 0.161. The number of hydrogen-bond acceptors (Lipinski definition) is 2. The Kier molecular flexibility index (Phi) is 4.02. The fourth-order valence-electron chi connectivity index (χ4n) is 1.95. The fraction of sp³-hybridized carbons (Fsp3) is 1.00. The summed E-state index contributed by atoms with van der Waals surface area (Å²) in [7, 11) is 0. The second-order valence-corrected chi connectivity index (χ2v) is 3.70. The number of rotatable bonds is 4. The average Bonchev–Trinajstić information content (AvgIpc) is 2.16. The molecule has 2 nitrogen and oxygen atoms in total. The average molecular weight is 171 g/mol. The van der Waals surface area contributed by atoms with Crippen molar-refractivity contribution in [2.75, 3.05) is 6.54 Å². The molecule has 0 aromatic rings. The van der Waals surface area contributed by atoms with Crippen molar-refractivity contribution in [3.05, 3.63) is 0 Å². The Morgan fingerprint density at radius 2 is 1.83 bits per heavy atom. The van der Waals surface area contributed by atoms with E-state index in [0.29, 0.717) is 0 Å². The molecule has 1 saturated carbocycles. The van der Waals surface area contributed by atoms with Crippen LogP contribution < -0.4 is 5.48 Å². The van der Waals surface area contributed by atoms with Crippen molar-refractivity contribution in [1.82, 2.24) is 5.48 Å². The second kappa shape index (κ2) is 4.83. The first-order chi connectivity index (χ1) is 5.83. The van der Waals surface area contributed by atoms with Gasteiger partial charge in [-0.2, -0.15) is 0 Å². The van der Waals surface area contributed by atoms with Gasteiger partial charge in [0.15, 0.2) is 0 Å². The Morgan fingerprint density at radius 1 is 1.17 bits per heavy atom. The Balaban J connectivity index is 2.37. The lowest BCUT2D eigenvalue weighted by Gasteiger charge is -2.35. The molecule has 1 aliphatic rings. The Morgan fingerprint density at radius 3 is 2.33 bits per heavy atom. The van der Waals surface area contributed by atoms with Crippen LogP contribution in [0, 0.1) is 0 Å². The van der Waals surface area contributed by atoms with Gasteiger partial charge >= 0.3 is 0 Å². The van der Waals surface area contributed by atoms with Crippen LogP contribution in [-0.2, 0) is 4.84 Å². The molecule has 0 bridgehead atoms. The van der Waals surface area contributed by atoms with Crippen molar-refractivity contribution in [3.8, 4) is 0 Å². The molecule has 12 heavy (non-hydrogen) atoms. The quantitative estimate of drug-likeness (QED) is 0.656. The highest BCUT2D eigenvalue weighted by molar-refractivity contribution is 4.82. The van der Waals surface area contributed by atoms with Crippen molar-refractivity contribution < 1.29 is 4.84 Å².